The van der Waals surface area contributed by atoms with Gasteiger partial charge in [0.25, 0.3) is 0 Å². The normalized spacial score (nSPS) is 12.3. The summed E-state index contributed by atoms with van der Waals surface area (Å²) in [6.45, 7) is 0. The highest BCUT2D eigenvalue weighted by molar-refractivity contribution is 7.89. The molecule has 23 heavy (non-hydrogen) atoms. The number of hydrogen-bond acceptors (Lipinski definition) is 4. The van der Waals surface area contributed by atoms with E-state index in [-0.39, 0.29) is 4.90 Å². The summed E-state index contributed by atoms with van der Waals surface area (Å²) in [4.78, 5) is 8.92. The second-order valence-corrected chi connectivity index (χ2v) is 6.91. The van der Waals surface area contributed by atoms with Crippen LogP contribution in [0.25, 0.3) is 33.2 Å². The maximum absolute atomic E-state index is 11.5. The largest absolute Gasteiger partial charge is 0.305 e. The molecule has 0 saturated carbocycles. The number of fused-ring (bicyclic) bond motifs is 3. The Hall–Kier alpha value is -2.71. The molecule has 3 heterocycles. The van der Waals surface area contributed by atoms with Gasteiger partial charge in [-0.2, -0.15) is 0 Å². The van der Waals surface area contributed by atoms with Crippen molar-refractivity contribution in [3.8, 4) is 11.3 Å². The quantitative estimate of drug-likeness (QED) is 0.585. The molecular weight excluding hydrogens is 314 g/mol. The Morgan fingerprint density at radius 2 is 2.09 bits per heavy atom. The highest BCUT2D eigenvalue weighted by Gasteiger charge is 2.14. The van der Waals surface area contributed by atoms with Crippen LogP contribution < -0.4 is 5.14 Å². The number of rotatable bonds is 2. The highest BCUT2D eigenvalue weighted by atomic mass is 32.2. The number of aromatic amines is 1. The topological polar surface area (TPSA) is 107 Å². The lowest BCUT2D eigenvalue weighted by atomic mass is 10.1. The summed E-state index contributed by atoms with van der Waals surface area (Å²) in [5.41, 5.74) is 2.95. The molecule has 116 valence electrons. The number of hydrogen-bond donors (Lipinski definition) is 2. The molecule has 0 amide bonds. The minimum absolute atomic E-state index is 0.0624. The van der Waals surface area contributed by atoms with Crippen molar-refractivity contribution in [1.82, 2.24) is 19.7 Å². The predicted molar refractivity (Wildman–Crippen MR) is 87.2 cm³/mol. The zero-order chi connectivity index (χ0) is 16.2. The standard InChI is InChI=1S/C15H13N5O2S/c1-20-14-10(8-18-20)7-17-15-12(14)6-13(19-15)9-3-2-4-11(5-9)23(16,21)22/h2-8,18H,1H3,(H2,16,21,22). The van der Waals surface area contributed by atoms with Gasteiger partial charge in [0, 0.05) is 35.8 Å². The fraction of sp³-hybridized carbons (Fsp3) is 0.0667. The minimum atomic E-state index is -3.75. The molecule has 0 aliphatic rings. The van der Waals surface area contributed by atoms with E-state index < -0.39 is 10.0 Å². The van der Waals surface area contributed by atoms with Gasteiger partial charge < -0.3 is 5.10 Å². The van der Waals surface area contributed by atoms with Gasteiger partial charge in [0.05, 0.1) is 16.1 Å². The Morgan fingerprint density at radius 3 is 2.87 bits per heavy atom. The molecule has 3 aromatic heterocycles. The van der Waals surface area contributed by atoms with E-state index in [2.05, 4.69) is 15.1 Å². The van der Waals surface area contributed by atoms with Crippen LogP contribution in [0.1, 0.15) is 0 Å². The van der Waals surface area contributed by atoms with E-state index in [1.165, 1.54) is 12.1 Å². The molecule has 0 atom stereocenters. The average molecular weight is 327 g/mol. The maximum Gasteiger partial charge on any atom is 0.238 e. The number of H-pyrrole nitrogens is 1. The van der Waals surface area contributed by atoms with Crippen molar-refractivity contribution in [3.05, 3.63) is 42.7 Å². The molecule has 4 aromatic rings. The van der Waals surface area contributed by atoms with Crippen molar-refractivity contribution in [2.45, 2.75) is 4.90 Å². The third-order valence-corrected chi connectivity index (χ3v) is 4.72. The Bertz CT molecular complexity index is 1160. The van der Waals surface area contributed by atoms with E-state index >= 15 is 0 Å². The van der Waals surface area contributed by atoms with E-state index in [9.17, 15) is 8.42 Å². The van der Waals surface area contributed by atoms with Crippen LogP contribution in [-0.2, 0) is 17.1 Å². The molecule has 0 spiro atoms. The first-order valence-corrected chi connectivity index (χ1v) is 8.41. The zero-order valence-electron chi connectivity index (χ0n) is 12.2. The van der Waals surface area contributed by atoms with Gasteiger partial charge >= 0.3 is 0 Å². The molecule has 4 rings (SSSR count). The van der Waals surface area contributed by atoms with Crippen molar-refractivity contribution < 1.29 is 8.42 Å². The average Bonchev–Trinajstić information content (AvgIpc) is 3.10. The van der Waals surface area contributed by atoms with Crippen molar-refractivity contribution in [1.29, 1.82) is 0 Å². The number of primary sulfonamides is 1. The molecule has 0 radical (unpaired) electrons. The van der Waals surface area contributed by atoms with E-state index in [0.717, 1.165) is 16.3 Å². The first kappa shape index (κ1) is 13.9. The van der Waals surface area contributed by atoms with Gasteiger partial charge in [0.15, 0.2) is 5.65 Å². The molecule has 0 bridgehead atoms. The maximum atomic E-state index is 11.5. The van der Waals surface area contributed by atoms with Crippen LogP contribution >= 0.6 is 0 Å². The van der Waals surface area contributed by atoms with Crippen LogP contribution in [0.15, 0.2) is 47.6 Å². The van der Waals surface area contributed by atoms with Gasteiger partial charge in [0.1, 0.15) is 0 Å². The Morgan fingerprint density at radius 1 is 1.26 bits per heavy atom. The lowest BCUT2D eigenvalue weighted by Crippen LogP contribution is -2.11. The number of aryl methyl sites for hydroxylation is 1. The van der Waals surface area contributed by atoms with E-state index in [0.29, 0.717) is 16.9 Å². The summed E-state index contributed by atoms with van der Waals surface area (Å²) < 4.78 is 24.9. The number of nitrogens with two attached hydrogens (primary N) is 1. The lowest BCUT2D eigenvalue weighted by Gasteiger charge is -2.00. The van der Waals surface area contributed by atoms with Crippen LogP contribution in [0.3, 0.4) is 0 Å². The molecule has 0 aliphatic heterocycles. The van der Waals surface area contributed by atoms with Crippen LogP contribution in [0.5, 0.6) is 0 Å². The van der Waals surface area contributed by atoms with Crippen molar-refractivity contribution >= 4 is 32.0 Å². The molecule has 0 aliphatic carbocycles. The first-order chi connectivity index (χ1) is 10.9. The molecule has 1 aromatic carbocycles. The first-order valence-electron chi connectivity index (χ1n) is 6.86. The number of aromatic nitrogens is 4. The third kappa shape index (κ3) is 2.19. The molecule has 0 fully saturated rings. The third-order valence-electron chi connectivity index (χ3n) is 3.81. The zero-order valence-corrected chi connectivity index (χ0v) is 13.0. The molecule has 8 heteroatoms. The summed E-state index contributed by atoms with van der Waals surface area (Å²) in [6.07, 6.45) is 3.63. The number of nitrogens with one attached hydrogen (secondary N) is 1. The summed E-state index contributed by atoms with van der Waals surface area (Å²) in [5, 5.41) is 10.2. The Balaban J connectivity index is 1.96. The van der Waals surface area contributed by atoms with E-state index in [4.69, 9.17) is 5.14 Å². The fourth-order valence-corrected chi connectivity index (χ4v) is 3.28. The van der Waals surface area contributed by atoms with Crippen LogP contribution in [0.4, 0.5) is 0 Å². The monoisotopic (exact) mass is 327 g/mol. The van der Waals surface area contributed by atoms with Gasteiger partial charge in [-0.15, -0.1) is 0 Å². The Labute approximate surface area is 131 Å². The van der Waals surface area contributed by atoms with E-state index in [1.807, 2.05) is 24.0 Å². The summed E-state index contributed by atoms with van der Waals surface area (Å²) in [6, 6.07) is 8.33. The number of nitrogens with zero attached hydrogens (tertiary/aromatic N) is 3. The van der Waals surface area contributed by atoms with Crippen LogP contribution in [0, 0.1) is 0 Å². The number of pyridine rings is 1. The van der Waals surface area contributed by atoms with Gasteiger partial charge in [0.2, 0.25) is 10.0 Å². The summed E-state index contributed by atoms with van der Waals surface area (Å²) in [5.74, 6) is 0. The molecular formula is C15H13N5O2S. The smallest absolute Gasteiger partial charge is 0.238 e. The SMILES string of the molecule is Cn1[nH]cc2cnc3nc(-c4cccc(S(N)(=O)=O)c4)cc3c21. The predicted octanol–water partition coefficient (Wildman–Crippen LogP) is 1.76. The van der Waals surface area contributed by atoms with E-state index in [1.54, 1.807) is 18.3 Å². The van der Waals surface area contributed by atoms with Crippen LogP contribution in [-0.4, -0.2) is 28.2 Å². The molecule has 0 unspecified atom stereocenters. The number of sulfonamides is 1. The van der Waals surface area contributed by atoms with Crippen LogP contribution in [0.2, 0.25) is 0 Å². The minimum Gasteiger partial charge on any atom is -0.305 e. The van der Waals surface area contributed by atoms with Crippen molar-refractivity contribution in [2.24, 2.45) is 12.2 Å². The summed E-state index contributed by atoms with van der Waals surface area (Å²) in [7, 11) is -1.84. The second kappa shape index (κ2) is 4.64. The lowest BCUT2D eigenvalue weighted by molar-refractivity contribution is 0.598. The highest BCUT2D eigenvalue weighted by Crippen LogP contribution is 2.29. The fourth-order valence-electron chi connectivity index (χ4n) is 2.72. The van der Waals surface area contributed by atoms with Gasteiger partial charge in [-0.3, -0.25) is 4.68 Å². The van der Waals surface area contributed by atoms with Gasteiger partial charge in [-0.05, 0) is 18.2 Å². The molecule has 3 N–H and O–H groups in total. The van der Waals surface area contributed by atoms with Gasteiger partial charge in [-0.1, -0.05) is 12.1 Å². The summed E-state index contributed by atoms with van der Waals surface area (Å²) >= 11 is 0. The molecule has 7 nitrogen and oxygen atoms in total. The second-order valence-electron chi connectivity index (χ2n) is 5.35. The number of benzene rings is 1. The Kier molecular flexibility index (Phi) is 2.81. The molecule has 0 saturated heterocycles. The van der Waals surface area contributed by atoms with Gasteiger partial charge in [-0.25, -0.2) is 23.5 Å². The van der Waals surface area contributed by atoms with Crippen molar-refractivity contribution in [3.63, 3.8) is 0 Å². The van der Waals surface area contributed by atoms with Crippen molar-refractivity contribution in [2.75, 3.05) is 0 Å².